The first-order valence-electron chi connectivity index (χ1n) is 4.71. The van der Waals surface area contributed by atoms with Crippen LogP contribution in [0.15, 0.2) is 36.2 Å². The maximum atomic E-state index is 13.6. The molecule has 0 amide bonds. The van der Waals surface area contributed by atoms with Gasteiger partial charge in [0.05, 0.1) is 6.07 Å². The van der Waals surface area contributed by atoms with Crippen LogP contribution in [0.4, 0.5) is 4.39 Å². The van der Waals surface area contributed by atoms with Gasteiger partial charge in [-0.25, -0.2) is 4.39 Å². The predicted octanol–water partition coefficient (Wildman–Crippen LogP) is 3.75. The molecule has 0 radical (unpaired) electrons. The lowest BCUT2D eigenvalue weighted by Gasteiger charge is -2.12. The first-order valence-corrected chi connectivity index (χ1v) is 5.09. The van der Waals surface area contributed by atoms with Crippen molar-refractivity contribution >= 4 is 11.6 Å². The van der Waals surface area contributed by atoms with E-state index < -0.39 is 5.41 Å². The Balaban J connectivity index is 2.35. The minimum atomic E-state index is -0.541. The van der Waals surface area contributed by atoms with E-state index in [1.807, 2.05) is 12.1 Å². The fraction of sp³-hybridized carbons (Fsp3) is 0.250. The SMILES string of the molecule is N#CC=C(F)C1(c2ccc(Cl)cc2)CC1. The Morgan fingerprint density at radius 1 is 1.40 bits per heavy atom. The zero-order valence-electron chi connectivity index (χ0n) is 8.00. The van der Waals surface area contributed by atoms with Gasteiger partial charge < -0.3 is 0 Å². The second-order valence-corrected chi connectivity index (χ2v) is 4.15. The number of halogens is 2. The van der Waals surface area contributed by atoms with Crippen molar-refractivity contribution in [2.45, 2.75) is 18.3 Å². The van der Waals surface area contributed by atoms with Gasteiger partial charge in [0.25, 0.3) is 0 Å². The second kappa shape index (κ2) is 3.67. The zero-order chi connectivity index (χ0) is 10.9. The molecular formula is C12H9ClFN. The molecular weight excluding hydrogens is 213 g/mol. The maximum absolute atomic E-state index is 13.6. The molecule has 0 aromatic heterocycles. The summed E-state index contributed by atoms with van der Waals surface area (Å²) in [6.45, 7) is 0. The Labute approximate surface area is 92.8 Å². The molecule has 0 heterocycles. The van der Waals surface area contributed by atoms with Gasteiger partial charge >= 0.3 is 0 Å². The third-order valence-electron chi connectivity index (χ3n) is 2.80. The van der Waals surface area contributed by atoms with E-state index in [1.54, 1.807) is 18.2 Å². The summed E-state index contributed by atoms with van der Waals surface area (Å²) in [6, 6.07) is 8.86. The maximum Gasteiger partial charge on any atom is 0.121 e. The molecule has 0 bridgehead atoms. The van der Waals surface area contributed by atoms with Crippen molar-refractivity contribution in [1.82, 2.24) is 0 Å². The molecule has 0 unspecified atom stereocenters. The highest BCUT2D eigenvalue weighted by molar-refractivity contribution is 6.30. The van der Waals surface area contributed by atoms with E-state index in [2.05, 4.69) is 0 Å². The van der Waals surface area contributed by atoms with Crippen LogP contribution in [-0.2, 0) is 5.41 Å². The van der Waals surface area contributed by atoms with E-state index in [9.17, 15) is 4.39 Å². The van der Waals surface area contributed by atoms with Crippen LogP contribution >= 0.6 is 11.6 Å². The van der Waals surface area contributed by atoms with E-state index in [-0.39, 0.29) is 5.83 Å². The van der Waals surface area contributed by atoms with Crippen LogP contribution < -0.4 is 0 Å². The van der Waals surface area contributed by atoms with E-state index in [0.29, 0.717) is 5.02 Å². The van der Waals surface area contributed by atoms with Gasteiger partial charge in [-0.3, -0.25) is 0 Å². The zero-order valence-corrected chi connectivity index (χ0v) is 8.76. The third kappa shape index (κ3) is 1.75. The molecule has 3 heteroatoms. The van der Waals surface area contributed by atoms with Gasteiger partial charge in [0.1, 0.15) is 5.83 Å². The van der Waals surface area contributed by atoms with Crippen LogP contribution in [0.25, 0.3) is 0 Å². The number of hydrogen-bond donors (Lipinski definition) is 0. The quantitative estimate of drug-likeness (QED) is 0.698. The average molecular weight is 222 g/mol. The van der Waals surface area contributed by atoms with Crippen molar-refractivity contribution in [3.05, 3.63) is 46.8 Å². The van der Waals surface area contributed by atoms with Crippen molar-refractivity contribution in [1.29, 1.82) is 5.26 Å². The minimum absolute atomic E-state index is 0.340. The lowest BCUT2D eigenvalue weighted by atomic mass is 9.94. The molecule has 0 saturated heterocycles. The Morgan fingerprint density at radius 3 is 2.47 bits per heavy atom. The molecule has 1 aliphatic rings. The first kappa shape index (κ1) is 10.2. The average Bonchev–Trinajstić information content (AvgIpc) is 3.00. The molecule has 2 rings (SSSR count). The lowest BCUT2D eigenvalue weighted by Crippen LogP contribution is -2.06. The summed E-state index contributed by atoms with van der Waals surface area (Å²) in [6.07, 6.45) is 2.51. The topological polar surface area (TPSA) is 23.8 Å². The van der Waals surface area contributed by atoms with Crippen LogP contribution in [0.1, 0.15) is 18.4 Å². The predicted molar refractivity (Wildman–Crippen MR) is 57.2 cm³/mol. The standard InChI is InChI=1S/C12H9ClFN/c13-10-3-1-9(2-4-10)12(6-7-12)11(14)5-8-15/h1-5H,6-7H2. The van der Waals surface area contributed by atoms with Crippen molar-refractivity contribution in [2.24, 2.45) is 0 Å². The summed E-state index contributed by atoms with van der Waals surface area (Å²) >= 11 is 5.76. The molecule has 76 valence electrons. The van der Waals surface area contributed by atoms with Gasteiger partial charge in [-0.15, -0.1) is 0 Å². The molecule has 1 aromatic carbocycles. The molecule has 0 atom stereocenters. The number of allylic oxidation sites excluding steroid dienone is 2. The summed E-state index contributed by atoms with van der Waals surface area (Å²) in [5, 5.41) is 9.07. The van der Waals surface area contributed by atoms with Gasteiger partial charge in [0, 0.05) is 16.5 Å². The summed E-state index contributed by atoms with van der Waals surface area (Å²) in [5.41, 5.74) is 0.358. The first-order chi connectivity index (χ1) is 7.19. The Bertz CT molecular complexity index is 438. The smallest absolute Gasteiger partial charge is 0.121 e. The molecule has 1 fully saturated rings. The van der Waals surface area contributed by atoms with E-state index in [1.165, 1.54) is 0 Å². The Kier molecular flexibility index (Phi) is 2.50. The molecule has 1 aromatic rings. The highest BCUT2D eigenvalue weighted by Crippen LogP contribution is 2.54. The van der Waals surface area contributed by atoms with E-state index >= 15 is 0 Å². The van der Waals surface area contributed by atoms with Crippen molar-refractivity contribution in [2.75, 3.05) is 0 Å². The van der Waals surface area contributed by atoms with Crippen LogP contribution in [0.3, 0.4) is 0 Å². The fourth-order valence-corrected chi connectivity index (χ4v) is 1.88. The molecule has 0 aliphatic heterocycles. The van der Waals surface area contributed by atoms with Crippen molar-refractivity contribution in [3.63, 3.8) is 0 Å². The monoisotopic (exact) mass is 221 g/mol. The molecule has 15 heavy (non-hydrogen) atoms. The molecule has 1 saturated carbocycles. The highest BCUT2D eigenvalue weighted by atomic mass is 35.5. The normalized spacial score (nSPS) is 18.3. The lowest BCUT2D eigenvalue weighted by molar-refractivity contribution is 0.536. The van der Waals surface area contributed by atoms with E-state index in [4.69, 9.17) is 16.9 Å². The second-order valence-electron chi connectivity index (χ2n) is 3.71. The Hall–Kier alpha value is -1.33. The van der Waals surface area contributed by atoms with Gasteiger partial charge in [-0.1, -0.05) is 23.7 Å². The van der Waals surface area contributed by atoms with Crippen molar-refractivity contribution in [3.8, 4) is 6.07 Å². The molecule has 1 nitrogen and oxygen atoms in total. The summed E-state index contributed by atoms with van der Waals surface area (Å²) < 4.78 is 13.6. The molecule has 0 spiro atoms. The minimum Gasteiger partial charge on any atom is -0.210 e. The number of rotatable bonds is 2. The third-order valence-corrected chi connectivity index (χ3v) is 3.05. The number of benzene rings is 1. The number of nitriles is 1. The fourth-order valence-electron chi connectivity index (χ4n) is 1.75. The van der Waals surface area contributed by atoms with Gasteiger partial charge in [-0.05, 0) is 30.5 Å². The Morgan fingerprint density at radius 2 is 2.00 bits per heavy atom. The summed E-state index contributed by atoms with van der Waals surface area (Å²) in [5.74, 6) is -0.340. The van der Waals surface area contributed by atoms with Crippen LogP contribution in [-0.4, -0.2) is 0 Å². The van der Waals surface area contributed by atoms with E-state index in [0.717, 1.165) is 24.5 Å². The summed E-state index contributed by atoms with van der Waals surface area (Å²) in [4.78, 5) is 0. The van der Waals surface area contributed by atoms with Crippen molar-refractivity contribution < 1.29 is 4.39 Å². The van der Waals surface area contributed by atoms with Crippen LogP contribution in [0.2, 0.25) is 5.02 Å². The highest BCUT2D eigenvalue weighted by Gasteiger charge is 2.48. The van der Waals surface area contributed by atoms with Crippen LogP contribution in [0.5, 0.6) is 0 Å². The van der Waals surface area contributed by atoms with Gasteiger partial charge in [-0.2, -0.15) is 5.26 Å². The number of hydrogen-bond acceptors (Lipinski definition) is 1. The molecule has 1 aliphatic carbocycles. The van der Waals surface area contributed by atoms with Crippen LogP contribution in [0, 0.1) is 11.3 Å². The largest absolute Gasteiger partial charge is 0.210 e. The molecule has 0 N–H and O–H groups in total. The number of nitrogens with zero attached hydrogens (tertiary/aromatic N) is 1. The summed E-state index contributed by atoms with van der Waals surface area (Å²) in [7, 11) is 0. The van der Waals surface area contributed by atoms with Gasteiger partial charge in [0.15, 0.2) is 0 Å². The van der Waals surface area contributed by atoms with Gasteiger partial charge in [0.2, 0.25) is 0 Å².